The van der Waals surface area contributed by atoms with Crippen molar-refractivity contribution in [3.05, 3.63) is 35.4 Å². The highest BCUT2D eigenvalue weighted by Gasteiger charge is 2.38. The standard InChI is InChI=1S/C16H19F3N2O3/c1-2-21(9-14(22)23)11-7-10(8-11)20-15(24)12-5-3-4-6-13(12)16(17,18)19/h3-6,10-11H,2,7-9H2,1H3,(H,20,24)(H,22,23). The molecule has 0 bridgehead atoms. The number of rotatable bonds is 6. The monoisotopic (exact) mass is 344 g/mol. The largest absolute Gasteiger partial charge is 0.480 e. The van der Waals surface area contributed by atoms with Gasteiger partial charge in [-0.25, -0.2) is 0 Å². The number of nitrogens with one attached hydrogen (secondary N) is 1. The molecule has 2 rings (SSSR count). The first-order valence-electron chi connectivity index (χ1n) is 7.65. The van der Waals surface area contributed by atoms with Crippen LogP contribution in [0, 0.1) is 0 Å². The van der Waals surface area contributed by atoms with Crippen molar-refractivity contribution in [3.63, 3.8) is 0 Å². The quantitative estimate of drug-likeness (QED) is 0.831. The Morgan fingerprint density at radius 2 is 1.92 bits per heavy atom. The number of carbonyl (C=O) groups is 2. The van der Waals surface area contributed by atoms with Crippen LogP contribution in [0.4, 0.5) is 13.2 Å². The van der Waals surface area contributed by atoms with Gasteiger partial charge in [0.15, 0.2) is 0 Å². The molecule has 0 unspecified atom stereocenters. The van der Waals surface area contributed by atoms with Gasteiger partial charge in [-0.3, -0.25) is 14.5 Å². The average Bonchev–Trinajstić information content (AvgIpc) is 2.47. The maximum Gasteiger partial charge on any atom is 0.417 e. The summed E-state index contributed by atoms with van der Waals surface area (Å²) in [4.78, 5) is 24.7. The molecule has 5 nitrogen and oxygen atoms in total. The molecule has 8 heteroatoms. The van der Waals surface area contributed by atoms with E-state index >= 15 is 0 Å². The van der Waals surface area contributed by atoms with Crippen LogP contribution in [0.15, 0.2) is 24.3 Å². The Morgan fingerprint density at radius 1 is 1.29 bits per heavy atom. The van der Waals surface area contributed by atoms with E-state index in [-0.39, 0.29) is 18.6 Å². The van der Waals surface area contributed by atoms with E-state index in [1.165, 1.54) is 12.1 Å². The van der Waals surface area contributed by atoms with Gasteiger partial charge in [0.2, 0.25) is 0 Å². The second-order valence-corrected chi connectivity index (χ2v) is 5.80. The zero-order valence-electron chi connectivity index (χ0n) is 13.1. The lowest BCUT2D eigenvalue weighted by molar-refractivity contribution is -0.139. The molecule has 1 aromatic rings. The summed E-state index contributed by atoms with van der Waals surface area (Å²) in [6, 6.07) is 4.44. The number of benzene rings is 1. The van der Waals surface area contributed by atoms with Crippen LogP contribution in [0.3, 0.4) is 0 Å². The molecule has 132 valence electrons. The predicted molar refractivity (Wildman–Crippen MR) is 80.6 cm³/mol. The Balaban J connectivity index is 1.95. The number of likely N-dealkylation sites (N-methyl/N-ethyl adjacent to an activating group) is 1. The lowest BCUT2D eigenvalue weighted by Crippen LogP contribution is -2.54. The van der Waals surface area contributed by atoms with Crippen molar-refractivity contribution in [3.8, 4) is 0 Å². The van der Waals surface area contributed by atoms with Gasteiger partial charge >= 0.3 is 12.1 Å². The van der Waals surface area contributed by atoms with Gasteiger partial charge < -0.3 is 10.4 Å². The fourth-order valence-electron chi connectivity index (χ4n) is 2.87. The molecule has 0 aliphatic heterocycles. The highest BCUT2D eigenvalue weighted by molar-refractivity contribution is 5.96. The molecule has 0 atom stereocenters. The fraction of sp³-hybridized carbons (Fsp3) is 0.500. The topological polar surface area (TPSA) is 69.6 Å². The smallest absolute Gasteiger partial charge is 0.417 e. The zero-order valence-corrected chi connectivity index (χ0v) is 13.1. The van der Waals surface area contributed by atoms with Crippen LogP contribution in [0.1, 0.15) is 35.7 Å². The van der Waals surface area contributed by atoms with E-state index in [4.69, 9.17) is 5.11 Å². The number of nitrogens with zero attached hydrogens (tertiary/aromatic N) is 1. The molecule has 1 aromatic carbocycles. The summed E-state index contributed by atoms with van der Waals surface area (Å²) in [7, 11) is 0. The van der Waals surface area contributed by atoms with Crippen LogP contribution >= 0.6 is 0 Å². The first kappa shape index (κ1) is 18.3. The van der Waals surface area contributed by atoms with E-state index in [9.17, 15) is 22.8 Å². The molecule has 0 aromatic heterocycles. The number of amides is 1. The Bertz CT molecular complexity index is 613. The van der Waals surface area contributed by atoms with Crippen molar-refractivity contribution in [1.82, 2.24) is 10.2 Å². The normalized spacial score (nSPS) is 20.5. The Morgan fingerprint density at radius 3 is 2.46 bits per heavy atom. The molecule has 1 fully saturated rings. The first-order chi connectivity index (χ1) is 11.2. The van der Waals surface area contributed by atoms with Crippen LogP contribution in [0.2, 0.25) is 0 Å². The van der Waals surface area contributed by atoms with Gasteiger partial charge in [-0.05, 0) is 31.5 Å². The summed E-state index contributed by atoms with van der Waals surface area (Å²) < 4.78 is 38.8. The summed E-state index contributed by atoms with van der Waals surface area (Å²) in [5, 5.41) is 11.4. The Labute approximate surface area is 137 Å². The number of hydrogen-bond acceptors (Lipinski definition) is 3. The van der Waals surface area contributed by atoms with E-state index in [1.807, 2.05) is 6.92 Å². The van der Waals surface area contributed by atoms with E-state index < -0.39 is 29.2 Å². The van der Waals surface area contributed by atoms with Crippen LogP contribution in [-0.4, -0.2) is 47.1 Å². The summed E-state index contributed by atoms with van der Waals surface area (Å²) in [6.45, 7) is 2.32. The highest BCUT2D eigenvalue weighted by Crippen LogP contribution is 2.32. The van der Waals surface area contributed by atoms with Gasteiger partial charge in [-0.2, -0.15) is 13.2 Å². The number of carboxylic acids is 1. The maximum absolute atomic E-state index is 12.9. The summed E-state index contributed by atoms with van der Waals surface area (Å²) in [5.74, 6) is -1.68. The molecule has 24 heavy (non-hydrogen) atoms. The van der Waals surface area contributed by atoms with Crippen LogP contribution in [-0.2, 0) is 11.0 Å². The third-order valence-electron chi connectivity index (χ3n) is 4.19. The number of carboxylic acid groups (broad SMARTS) is 1. The van der Waals surface area contributed by atoms with Crippen molar-refractivity contribution in [1.29, 1.82) is 0 Å². The first-order valence-corrected chi connectivity index (χ1v) is 7.65. The average molecular weight is 344 g/mol. The molecule has 1 aliphatic rings. The number of hydrogen-bond donors (Lipinski definition) is 2. The van der Waals surface area contributed by atoms with Gasteiger partial charge in [-0.1, -0.05) is 19.1 Å². The second-order valence-electron chi connectivity index (χ2n) is 5.80. The maximum atomic E-state index is 12.9. The zero-order chi connectivity index (χ0) is 17.9. The van der Waals surface area contributed by atoms with Crippen LogP contribution < -0.4 is 5.32 Å². The molecule has 0 spiro atoms. The van der Waals surface area contributed by atoms with Gasteiger partial charge in [0.1, 0.15) is 0 Å². The van der Waals surface area contributed by atoms with E-state index in [0.29, 0.717) is 19.4 Å². The molecular formula is C16H19F3N2O3. The number of alkyl halides is 3. The minimum atomic E-state index is -4.59. The van der Waals surface area contributed by atoms with Gasteiger partial charge in [0.25, 0.3) is 5.91 Å². The molecule has 2 N–H and O–H groups in total. The Kier molecular flexibility index (Phi) is 5.48. The molecule has 1 saturated carbocycles. The third kappa shape index (κ3) is 4.25. The number of halogens is 3. The minimum absolute atomic E-state index is 0.0225. The Hall–Kier alpha value is -2.09. The molecule has 0 radical (unpaired) electrons. The van der Waals surface area contributed by atoms with Gasteiger partial charge in [0.05, 0.1) is 17.7 Å². The van der Waals surface area contributed by atoms with Crippen molar-refractivity contribution in [2.75, 3.05) is 13.1 Å². The van der Waals surface area contributed by atoms with Crippen molar-refractivity contribution in [2.24, 2.45) is 0 Å². The van der Waals surface area contributed by atoms with Crippen molar-refractivity contribution in [2.45, 2.75) is 38.0 Å². The van der Waals surface area contributed by atoms with Crippen molar-refractivity contribution >= 4 is 11.9 Å². The van der Waals surface area contributed by atoms with Crippen molar-refractivity contribution < 1.29 is 27.9 Å². The molecule has 1 amide bonds. The predicted octanol–water partition coefficient (Wildman–Crippen LogP) is 2.37. The minimum Gasteiger partial charge on any atom is -0.480 e. The van der Waals surface area contributed by atoms with Crippen LogP contribution in [0.5, 0.6) is 0 Å². The summed E-state index contributed by atoms with van der Waals surface area (Å²) in [6.07, 6.45) is -3.53. The third-order valence-corrected chi connectivity index (χ3v) is 4.19. The lowest BCUT2D eigenvalue weighted by atomic mass is 9.85. The highest BCUT2D eigenvalue weighted by atomic mass is 19.4. The van der Waals surface area contributed by atoms with Gasteiger partial charge in [0, 0.05) is 12.1 Å². The SMILES string of the molecule is CCN(CC(=O)O)C1CC(NC(=O)c2ccccc2C(F)(F)F)C1. The van der Waals surface area contributed by atoms with E-state index in [0.717, 1.165) is 12.1 Å². The number of carbonyl (C=O) groups excluding carboxylic acids is 1. The van der Waals surface area contributed by atoms with E-state index in [1.54, 1.807) is 4.90 Å². The second kappa shape index (κ2) is 7.21. The lowest BCUT2D eigenvalue weighted by Gasteiger charge is -2.42. The number of aliphatic carboxylic acids is 1. The summed E-state index contributed by atoms with van der Waals surface area (Å²) >= 11 is 0. The molecule has 0 heterocycles. The molecular weight excluding hydrogens is 325 g/mol. The van der Waals surface area contributed by atoms with E-state index in [2.05, 4.69) is 5.32 Å². The van der Waals surface area contributed by atoms with Gasteiger partial charge in [-0.15, -0.1) is 0 Å². The van der Waals surface area contributed by atoms with Crippen LogP contribution in [0.25, 0.3) is 0 Å². The fourth-order valence-corrected chi connectivity index (χ4v) is 2.87. The molecule has 1 aliphatic carbocycles. The summed E-state index contributed by atoms with van der Waals surface area (Å²) in [5.41, 5.74) is -1.36. The molecule has 0 saturated heterocycles.